The molecule has 3 heterocycles. The van der Waals surface area contributed by atoms with Crippen molar-refractivity contribution in [3.63, 3.8) is 0 Å². The van der Waals surface area contributed by atoms with Crippen LogP contribution in [0, 0.1) is 0 Å². The Morgan fingerprint density at radius 3 is 2.65 bits per heavy atom. The highest BCUT2D eigenvalue weighted by molar-refractivity contribution is 5.94. The molecule has 2 fully saturated rings. The Kier molecular flexibility index (Phi) is 6.89. The molecular weight excluding hydrogens is 398 g/mol. The summed E-state index contributed by atoms with van der Waals surface area (Å²) in [4.78, 5) is 26.9. The van der Waals surface area contributed by atoms with Crippen LogP contribution in [-0.4, -0.2) is 55.3 Å². The highest BCUT2D eigenvalue weighted by Crippen LogP contribution is 2.30. The highest BCUT2D eigenvalue weighted by atomic mass is 16.5. The summed E-state index contributed by atoms with van der Waals surface area (Å²) in [6.07, 6.45) is 4.17. The fraction of sp³-hybridized carbons (Fsp3) is 0.478. The van der Waals surface area contributed by atoms with E-state index >= 15 is 0 Å². The average Bonchev–Trinajstić information content (AvgIpc) is 3.25. The number of carbonyl (C=O) groups is 2. The summed E-state index contributed by atoms with van der Waals surface area (Å²) in [5.41, 5.74) is 1.26. The molecule has 2 N–H and O–H groups in total. The van der Waals surface area contributed by atoms with Crippen LogP contribution in [0.4, 0.5) is 4.79 Å². The fourth-order valence-electron chi connectivity index (χ4n) is 4.03. The molecule has 2 saturated heterocycles. The molecule has 1 spiro atoms. The van der Waals surface area contributed by atoms with E-state index < -0.39 is 0 Å². The Morgan fingerprint density at radius 1 is 0.968 bits per heavy atom. The van der Waals surface area contributed by atoms with Crippen LogP contribution in [-0.2, 0) is 22.6 Å². The van der Waals surface area contributed by atoms with Crippen LogP contribution in [0.3, 0.4) is 0 Å². The lowest BCUT2D eigenvalue weighted by atomic mass is 9.90. The summed E-state index contributed by atoms with van der Waals surface area (Å²) in [5, 5.41) is 5.80. The van der Waals surface area contributed by atoms with Crippen LogP contribution in [0.1, 0.15) is 40.9 Å². The lowest BCUT2D eigenvalue weighted by molar-refractivity contribution is -0.105. The molecule has 0 aliphatic carbocycles. The van der Waals surface area contributed by atoms with Gasteiger partial charge in [-0.2, -0.15) is 0 Å². The van der Waals surface area contributed by atoms with E-state index in [1.54, 1.807) is 24.5 Å². The van der Waals surface area contributed by atoms with Gasteiger partial charge in [0.1, 0.15) is 5.76 Å². The predicted octanol–water partition coefficient (Wildman–Crippen LogP) is 2.69. The Morgan fingerprint density at radius 2 is 1.84 bits per heavy atom. The zero-order valence-corrected chi connectivity index (χ0v) is 17.6. The summed E-state index contributed by atoms with van der Waals surface area (Å²) in [6.45, 7) is 3.91. The van der Waals surface area contributed by atoms with Crippen molar-refractivity contribution >= 4 is 11.9 Å². The smallest absolute Gasteiger partial charge is 0.317 e. The number of urea groups is 1. The third-order valence-corrected chi connectivity index (χ3v) is 5.93. The molecule has 166 valence electrons. The predicted molar refractivity (Wildman–Crippen MR) is 113 cm³/mol. The molecular formula is C23H29N3O5. The van der Waals surface area contributed by atoms with Crippen LogP contribution in [0.2, 0.25) is 0 Å². The largest absolute Gasteiger partial charge is 0.467 e. The minimum absolute atomic E-state index is 0.111. The standard InChI is InChI=1S/C23H29N3O5/c27-21(24-17-20-5-2-11-30-20)19-4-1-3-18(15-19)16-25-22(28)26-9-6-23(31-14-10-26)7-12-29-13-8-23/h1-5,11,15H,6-10,12-14,16-17H2,(H,24,27)(H,25,28). The van der Waals surface area contributed by atoms with E-state index in [1.807, 2.05) is 23.1 Å². The first-order valence-corrected chi connectivity index (χ1v) is 10.8. The van der Waals surface area contributed by atoms with Gasteiger partial charge in [0.2, 0.25) is 0 Å². The van der Waals surface area contributed by atoms with Gasteiger partial charge in [0, 0.05) is 38.4 Å². The topological polar surface area (TPSA) is 93.0 Å². The average molecular weight is 428 g/mol. The van der Waals surface area contributed by atoms with Gasteiger partial charge >= 0.3 is 6.03 Å². The zero-order valence-electron chi connectivity index (χ0n) is 17.6. The molecule has 0 bridgehead atoms. The number of hydrogen-bond acceptors (Lipinski definition) is 5. The number of nitrogens with zero attached hydrogens (tertiary/aromatic N) is 1. The maximum atomic E-state index is 12.7. The van der Waals surface area contributed by atoms with Gasteiger partial charge in [-0.3, -0.25) is 4.79 Å². The maximum Gasteiger partial charge on any atom is 0.317 e. The number of carbonyl (C=O) groups excluding carboxylic acids is 2. The molecule has 0 radical (unpaired) electrons. The Hall–Kier alpha value is -2.84. The van der Waals surface area contributed by atoms with Crippen LogP contribution < -0.4 is 10.6 Å². The van der Waals surface area contributed by atoms with Crippen molar-refractivity contribution in [1.29, 1.82) is 0 Å². The first kappa shape index (κ1) is 21.4. The van der Waals surface area contributed by atoms with Crippen molar-refractivity contribution in [3.8, 4) is 0 Å². The third-order valence-electron chi connectivity index (χ3n) is 5.93. The summed E-state index contributed by atoms with van der Waals surface area (Å²) in [6, 6.07) is 10.7. The van der Waals surface area contributed by atoms with Gasteiger partial charge in [-0.15, -0.1) is 0 Å². The monoisotopic (exact) mass is 427 g/mol. The van der Waals surface area contributed by atoms with Crippen molar-refractivity contribution in [1.82, 2.24) is 15.5 Å². The number of ether oxygens (including phenoxy) is 2. The molecule has 3 amide bonds. The van der Waals surface area contributed by atoms with Crippen molar-refractivity contribution < 1.29 is 23.5 Å². The van der Waals surface area contributed by atoms with E-state index in [0.29, 0.717) is 44.1 Å². The number of hydrogen-bond donors (Lipinski definition) is 2. The van der Waals surface area contributed by atoms with E-state index in [2.05, 4.69) is 10.6 Å². The molecule has 4 rings (SSSR count). The highest BCUT2D eigenvalue weighted by Gasteiger charge is 2.36. The van der Waals surface area contributed by atoms with E-state index in [-0.39, 0.29) is 17.5 Å². The van der Waals surface area contributed by atoms with E-state index in [1.165, 1.54) is 0 Å². The maximum absolute atomic E-state index is 12.7. The summed E-state index contributed by atoms with van der Waals surface area (Å²) in [7, 11) is 0. The Labute approximate surface area is 181 Å². The van der Waals surface area contributed by atoms with Crippen LogP contribution in [0.15, 0.2) is 47.1 Å². The fourth-order valence-corrected chi connectivity index (χ4v) is 4.03. The zero-order chi connectivity index (χ0) is 21.5. The first-order valence-electron chi connectivity index (χ1n) is 10.8. The van der Waals surface area contributed by atoms with Crippen molar-refractivity contribution in [2.75, 3.05) is 32.9 Å². The van der Waals surface area contributed by atoms with Gasteiger partial charge in [-0.1, -0.05) is 12.1 Å². The van der Waals surface area contributed by atoms with Gasteiger partial charge in [-0.05, 0) is 49.1 Å². The molecule has 0 atom stereocenters. The minimum atomic E-state index is -0.184. The second-order valence-electron chi connectivity index (χ2n) is 8.00. The summed E-state index contributed by atoms with van der Waals surface area (Å²) < 4.78 is 16.8. The Bertz CT molecular complexity index is 877. The van der Waals surface area contributed by atoms with Gasteiger partial charge < -0.3 is 29.4 Å². The molecule has 0 unspecified atom stereocenters. The Balaban J connectivity index is 1.27. The van der Waals surface area contributed by atoms with Crippen molar-refractivity contribution in [2.24, 2.45) is 0 Å². The molecule has 1 aromatic carbocycles. The van der Waals surface area contributed by atoms with Crippen molar-refractivity contribution in [3.05, 3.63) is 59.5 Å². The van der Waals surface area contributed by atoms with Crippen LogP contribution in [0.25, 0.3) is 0 Å². The second kappa shape index (κ2) is 9.98. The molecule has 2 aliphatic heterocycles. The lowest BCUT2D eigenvalue weighted by Gasteiger charge is -2.35. The first-order chi connectivity index (χ1) is 15.1. The molecule has 2 aliphatic rings. The second-order valence-corrected chi connectivity index (χ2v) is 8.00. The molecule has 1 aromatic heterocycles. The van der Waals surface area contributed by atoms with Gasteiger partial charge in [-0.25, -0.2) is 4.79 Å². The van der Waals surface area contributed by atoms with Gasteiger partial charge in [0.05, 0.1) is 25.0 Å². The molecule has 8 nitrogen and oxygen atoms in total. The van der Waals surface area contributed by atoms with E-state index in [9.17, 15) is 9.59 Å². The number of benzene rings is 1. The van der Waals surface area contributed by atoms with E-state index in [0.717, 1.165) is 38.0 Å². The molecule has 2 aromatic rings. The molecule has 8 heteroatoms. The van der Waals surface area contributed by atoms with E-state index in [4.69, 9.17) is 13.9 Å². The number of amides is 3. The van der Waals surface area contributed by atoms with Crippen LogP contribution in [0.5, 0.6) is 0 Å². The quantitative estimate of drug-likeness (QED) is 0.765. The number of rotatable bonds is 5. The van der Waals surface area contributed by atoms with Gasteiger partial charge in [0.25, 0.3) is 5.91 Å². The SMILES string of the molecule is O=C(NCc1ccco1)c1cccc(CNC(=O)N2CCOC3(CCOCC3)CC2)c1. The van der Waals surface area contributed by atoms with Crippen LogP contribution >= 0.6 is 0 Å². The molecule has 31 heavy (non-hydrogen) atoms. The van der Waals surface area contributed by atoms with Gasteiger partial charge in [0.15, 0.2) is 0 Å². The minimum Gasteiger partial charge on any atom is -0.467 e. The summed E-state index contributed by atoms with van der Waals surface area (Å²) >= 11 is 0. The lowest BCUT2D eigenvalue weighted by Crippen LogP contribution is -2.42. The van der Waals surface area contributed by atoms with Crippen molar-refractivity contribution in [2.45, 2.75) is 38.0 Å². The number of furan rings is 1. The number of nitrogens with one attached hydrogen (secondary N) is 2. The normalized spacial score (nSPS) is 18.4. The third kappa shape index (κ3) is 5.65. The summed E-state index contributed by atoms with van der Waals surface area (Å²) in [5.74, 6) is 0.511. The molecule has 0 saturated carbocycles.